The van der Waals surface area contributed by atoms with Crippen molar-refractivity contribution in [3.05, 3.63) is 23.4 Å². The quantitative estimate of drug-likeness (QED) is 0.618. The van der Waals surface area contributed by atoms with Gasteiger partial charge in [-0.2, -0.15) is 0 Å². The van der Waals surface area contributed by atoms with Crippen LogP contribution in [-0.2, 0) is 9.59 Å². The van der Waals surface area contributed by atoms with Gasteiger partial charge in [0, 0.05) is 24.0 Å². The second-order valence-corrected chi connectivity index (χ2v) is 12.5. The predicted octanol–water partition coefficient (Wildman–Crippen LogP) is 4.32. The molecule has 3 saturated carbocycles. The van der Waals surface area contributed by atoms with E-state index in [2.05, 4.69) is 45.1 Å². The Morgan fingerprint density at radius 3 is 2.52 bits per heavy atom. The van der Waals surface area contributed by atoms with Crippen LogP contribution in [0.2, 0.25) is 0 Å². The first-order valence-electron chi connectivity index (χ1n) is 12.9. The van der Waals surface area contributed by atoms with E-state index in [9.17, 15) is 14.7 Å². The molecule has 4 rings (SSSR count). The average molecular weight is 457 g/mol. The number of carbonyl (C=O) groups is 2. The highest BCUT2D eigenvalue weighted by molar-refractivity contribution is 6.03. The second kappa shape index (κ2) is 8.64. The van der Waals surface area contributed by atoms with Crippen molar-refractivity contribution >= 4 is 11.7 Å². The minimum absolute atomic E-state index is 0.0158. The summed E-state index contributed by atoms with van der Waals surface area (Å²) in [4.78, 5) is 28.0. The molecule has 3 fully saturated rings. The van der Waals surface area contributed by atoms with Crippen molar-refractivity contribution in [1.82, 2.24) is 10.2 Å². The van der Waals surface area contributed by atoms with Crippen molar-refractivity contribution in [1.29, 1.82) is 0 Å². The molecule has 0 aliphatic heterocycles. The van der Waals surface area contributed by atoms with Gasteiger partial charge in [0.1, 0.15) is 0 Å². The van der Waals surface area contributed by atoms with Crippen LogP contribution in [-0.4, -0.2) is 47.9 Å². The van der Waals surface area contributed by atoms with Gasteiger partial charge in [0.15, 0.2) is 5.78 Å². The van der Waals surface area contributed by atoms with Gasteiger partial charge in [-0.05, 0) is 102 Å². The van der Waals surface area contributed by atoms with E-state index in [0.717, 1.165) is 44.1 Å². The van der Waals surface area contributed by atoms with Crippen molar-refractivity contribution in [2.24, 2.45) is 40.4 Å². The van der Waals surface area contributed by atoms with Crippen molar-refractivity contribution < 1.29 is 14.7 Å². The fourth-order valence-electron chi connectivity index (χ4n) is 8.58. The van der Waals surface area contributed by atoms with Crippen molar-refractivity contribution in [2.45, 2.75) is 85.3 Å². The van der Waals surface area contributed by atoms with Crippen LogP contribution in [0.3, 0.4) is 0 Å². The maximum atomic E-state index is 13.5. The van der Waals surface area contributed by atoms with Crippen LogP contribution in [0.25, 0.3) is 0 Å². The molecule has 0 saturated heterocycles. The SMILES string of the molecule is CC(C)=CC(=O)NC1=CCC2(C)C(CCC3C2CCC2(C)C3CC(O)C2C(C)N(C)C)C1=O. The number of hydrogen-bond donors (Lipinski definition) is 2. The number of ketones is 1. The van der Waals surface area contributed by atoms with Gasteiger partial charge >= 0.3 is 0 Å². The molecule has 9 atom stereocenters. The van der Waals surface area contributed by atoms with Gasteiger partial charge in [-0.15, -0.1) is 0 Å². The summed E-state index contributed by atoms with van der Waals surface area (Å²) in [5.74, 6) is 1.80. The molecule has 1 amide bonds. The number of carbonyl (C=O) groups excluding carboxylic acids is 2. The third-order valence-electron chi connectivity index (χ3n) is 10.3. The third kappa shape index (κ3) is 3.93. The molecular formula is C28H44N2O3. The Morgan fingerprint density at radius 1 is 1.18 bits per heavy atom. The van der Waals surface area contributed by atoms with Crippen LogP contribution in [0.15, 0.2) is 23.4 Å². The first-order valence-corrected chi connectivity index (χ1v) is 12.9. The number of fused-ring (bicyclic) bond motifs is 5. The minimum Gasteiger partial charge on any atom is -0.393 e. The first kappa shape index (κ1) is 24.7. The molecule has 0 heterocycles. The summed E-state index contributed by atoms with van der Waals surface area (Å²) in [5.41, 5.74) is 1.52. The molecule has 9 unspecified atom stereocenters. The normalized spacial score (nSPS) is 43.2. The predicted molar refractivity (Wildman–Crippen MR) is 131 cm³/mol. The number of amides is 1. The molecule has 0 aromatic rings. The summed E-state index contributed by atoms with van der Waals surface area (Å²) in [6.45, 7) is 10.8. The van der Waals surface area contributed by atoms with Gasteiger partial charge in [-0.3, -0.25) is 9.59 Å². The van der Waals surface area contributed by atoms with E-state index in [1.807, 2.05) is 19.9 Å². The summed E-state index contributed by atoms with van der Waals surface area (Å²) in [5, 5.41) is 14.0. The maximum Gasteiger partial charge on any atom is 0.248 e. The molecule has 0 aromatic heterocycles. The molecule has 5 heteroatoms. The summed E-state index contributed by atoms with van der Waals surface area (Å²) >= 11 is 0. The Bertz CT molecular complexity index is 872. The Labute approximate surface area is 200 Å². The molecule has 2 N–H and O–H groups in total. The van der Waals surface area contributed by atoms with Crippen LogP contribution < -0.4 is 5.32 Å². The molecule has 184 valence electrons. The molecule has 0 aromatic carbocycles. The maximum absolute atomic E-state index is 13.5. The van der Waals surface area contributed by atoms with Crippen LogP contribution in [0.4, 0.5) is 0 Å². The standard InChI is InChI=1S/C28H44N2O3/c1-16(2)14-24(32)29-22-11-13-27(4)19-10-12-28(5)21(18(19)8-9-20(27)26(22)33)15-23(31)25(28)17(3)30(6)7/h11,14,17-21,23,25,31H,8-10,12-13,15H2,1-7H3,(H,29,32). The number of allylic oxidation sites excluding steroid dienone is 3. The summed E-state index contributed by atoms with van der Waals surface area (Å²) in [6.07, 6.45) is 9.26. The van der Waals surface area contributed by atoms with Crippen molar-refractivity contribution in [3.63, 3.8) is 0 Å². The lowest BCUT2D eigenvalue weighted by atomic mass is 9.45. The number of rotatable bonds is 4. The van der Waals surface area contributed by atoms with Crippen molar-refractivity contribution in [3.8, 4) is 0 Å². The van der Waals surface area contributed by atoms with Gasteiger partial charge in [-0.25, -0.2) is 0 Å². The zero-order valence-corrected chi connectivity index (χ0v) is 21.6. The van der Waals surface area contributed by atoms with Crippen LogP contribution in [0.1, 0.15) is 73.1 Å². The van der Waals surface area contributed by atoms with E-state index < -0.39 is 0 Å². The lowest BCUT2D eigenvalue weighted by Gasteiger charge is -2.59. The Kier molecular flexibility index (Phi) is 6.46. The molecule has 0 radical (unpaired) electrons. The first-order chi connectivity index (χ1) is 15.4. The highest BCUT2D eigenvalue weighted by Gasteiger charge is 2.63. The Hall–Kier alpha value is -1.46. The Balaban J connectivity index is 1.58. The largest absolute Gasteiger partial charge is 0.393 e. The minimum atomic E-state index is -0.244. The molecule has 0 spiro atoms. The third-order valence-corrected chi connectivity index (χ3v) is 10.3. The number of aliphatic hydroxyl groups excluding tert-OH is 1. The van der Waals surface area contributed by atoms with E-state index in [1.165, 1.54) is 0 Å². The van der Waals surface area contributed by atoms with E-state index in [4.69, 9.17) is 0 Å². The number of nitrogens with one attached hydrogen (secondary N) is 1. The molecule has 4 aliphatic rings. The van der Waals surface area contributed by atoms with Gasteiger partial charge in [0.05, 0.1) is 11.8 Å². The fraction of sp³-hybridized carbons (Fsp3) is 0.786. The number of Topliss-reactive ketones (excluding diaryl/α,β-unsaturated/α-hetero) is 1. The molecule has 5 nitrogen and oxygen atoms in total. The summed E-state index contributed by atoms with van der Waals surface area (Å²) in [6, 6.07) is 0.352. The number of nitrogens with zero attached hydrogens (tertiary/aromatic N) is 1. The van der Waals surface area contributed by atoms with Gasteiger partial charge < -0.3 is 15.3 Å². The van der Waals surface area contributed by atoms with E-state index in [1.54, 1.807) is 6.08 Å². The second-order valence-electron chi connectivity index (χ2n) is 12.5. The van der Waals surface area contributed by atoms with Crippen LogP contribution >= 0.6 is 0 Å². The monoisotopic (exact) mass is 456 g/mol. The van der Waals surface area contributed by atoms with Crippen molar-refractivity contribution in [2.75, 3.05) is 14.1 Å². The summed E-state index contributed by atoms with van der Waals surface area (Å²) < 4.78 is 0. The van der Waals surface area contributed by atoms with E-state index in [-0.39, 0.29) is 34.5 Å². The van der Waals surface area contributed by atoms with Gasteiger partial charge in [0.2, 0.25) is 5.91 Å². The molecule has 4 aliphatic carbocycles. The van der Waals surface area contributed by atoms with Crippen LogP contribution in [0.5, 0.6) is 0 Å². The van der Waals surface area contributed by atoms with Gasteiger partial charge in [-0.1, -0.05) is 25.5 Å². The molecule has 0 bridgehead atoms. The lowest BCUT2D eigenvalue weighted by molar-refractivity contribution is -0.141. The Morgan fingerprint density at radius 2 is 1.88 bits per heavy atom. The number of aliphatic hydroxyl groups is 1. The molecular weight excluding hydrogens is 412 g/mol. The van der Waals surface area contributed by atoms with E-state index >= 15 is 0 Å². The highest BCUT2D eigenvalue weighted by atomic mass is 16.3. The zero-order valence-electron chi connectivity index (χ0n) is 21.6. The topological polar surface area (TPSA) is 69.6 Å². The highest BCUT2D eigenvalue weighted by Crippen LogP contribution is 2.67. The lowest BCUT2D eigenvalue weighted by Crippen LogP contribution is -2.56. The molecule has 33 heavy (non-hydrogen) atoms. The van der Waals surface area contributed by atoms with Gasteiger partial charge in [0.25, 0.3) is 0 Å². The van der Waals surface area contributed by atoms with Crippen LogP contribution in [0, 0.1) is 40.4 Å². The zero-order chi connectivity index (χ0) is 24.3. The summed E-state index contributed by atoms with van der Waals surface area (Å²) in [7, 11) is 4.25. The number of hydrogen-bond acceptors (Lipinski definition) is 4. The smallest absolute Gasteiger partial charge is 0.248 e. The van der Waals surface area contributed by atoms with E-state index in [0.29, 0.717) is 35.4 Å². The fourth-order valence-corrected chi connectivity index (χ4v) is 8.58. The average Bonchev–Trinajstić information content (AvgIpc) is 2.99.